The SMILES string of the molecule is CCCC.CCP(=O)(O)CC. The predicted octanol–water partition coefficient (Wildman–Crippen LogP) is 3.10. The topological polar surface area (TPSA) is 37.3 Å². The van der Waals surface area contributed by atoms with E-state index in [9.17, 15) is 4.57 Å². The highest BCUT2D eigenvalue weighted by atomic mass is 31.2. The molecule has 1 N–H and O–H groups in total. The van der Waals surface area contributed by atoms with E-state index in [1.807, 2.05) is 0 Å². The predicted molar refractivity (Wildman–Crippen MR) is 51.5 cm³/mol. The third kappa shape index (κ3) is 13.2. The molecular weight excluding hydrogens is 159 g/mol. The molecule has 0 spiro atoms. The van der Waals surface area contributed by atoms with Gasteiger partial charge in [0.05, 0.1) is 0 Å². The lowest BCUT2D eigenvalue weighted by atomic mass is 10.4. The summed E-state index contributed by atoms with van der Waals surface area (Å²) < 4.78 is 10.5. The molecule has 0 saturated heterocycles. The molecule has 0 aliphatic carbocycles. The van der Waals surface area contributed by atoms with Crippen LogP contribution in [0.3, 0.4) is 0 Å². The Hall–Kier alpha value is 0.190. The first kappa shape index (κ1) is 13.8. The van der Waals surface area contributed by atoms with Gasteiger partial charge in [-0.05, 0) is 0 Å². The maximum absolute atomic E-state index is 10.5. The molecule has 0 bridgehead atoms. The van der Waals surface area contributed by atoms with Crippen molar-refractivity contribution in [3.8, 4) is 0 Å². The largest absolute Gasteiger partial charge is 0.344 e. The summed E-state index contributed by atoms with van der Waals surface area (Å²) in [5.41, 5.74) is 0. The molecule has 11 heavy (non-hydrogen) atoms. The molecule has 0 aliphatic rings. The lowest BCUT2D eigenvalue weighted by Gasteiger charge is -2.01. The van der Waals surface area contributed by atoms with Gasteiger partial charge in [0.25, 0.3) is 0 Å². The molecule has 3 heteroatoms. The van der Waals surface area contributed by atoms with Gasteiger partial charge in [0.15, 0.2) is 7.37 Å². The van der Waals surface area contributed by atoms with Crippen LogP contribution in [0.1, 0.15) is 40.5 Å². The first-order chi connectivity index (χ1) is 5.04. The second-order valence-corrected chi connectivity index (χ2v) is 5.44. The van der Waals surface area contributed by atoms with Crippen LogP contribution in [0.25, 0.3) is 0 Å². The summed E-state index contributed by atoms with van der Waals surface area (Å²) in [6.45, 7) is 7.81. The highest BCUT2D eigenvalue weighted by molar-refractivity contribution is 7.57. The van der Waals surface area contributed by atoms with E-state index in [-0.39, 0.29) is 0 Å². The molecule has 0 unspecified atom stereocenters. The van der Waals surface area contributed by atoms with E-state index in [0.29, 0.717) is 12.3 Å². The smallest absolute Gasteiger partial charge is 0.200 e. The molecular formula is C8H21O2P. The van der Waals surface area contributed by atoms with Crippen molar-refractivity contribution in [2.24, 2.45) is 0 Å². The normalized spacial score (nSPS) is 10.3. The van der Waals surface area contributed by atoms with Crippen molar-refractivity contribution in [3.63, 3.8) is 0 Å². The van der Waals surface area contributed by atoms with Crippen LogP contribution in [0, 0.1) is 0 Å². The van der Waals surface area contributed by atoms with E-state index in [4.69, 9.17) is 4.89 Å². The number of rotatable bonds is 3. The van der Waals surface area contributed by atoms with Crippen LogP contribution in [-0.2, 0) is 4.57 Å². The summed E-state index contributed by atoms with van der Waals surface area (Å²) in [6.07, 6.45) is 3.45. The third-order valence-corrected chi connectivity index (χ3v) is 3.46. The van der Waals surface area contributed by atoms with Crippen LogP contribution in [-0.4, -0.2) is 17.2 Å². The average molecular weight is 180 g/mol. The lowest BCUT2D eigenvalue weighted by Crippen LogP contribution is -1.84. The lowest BCUT2D eigenvalue weighted by molar-refractivity contribution is 0.481. The van der Waals surface area contributed by atoms with Crippen LogP contribution in [0.5, 0.6) is 0 Å². The van der Waals surface area contributed by atoms with Gasteiger partial charge in [0.1, 0.15) is 0 Å². The maximum Gasteiger partial charge on any atom is 0.200 e. The van der Waals surface area contributed by atoms with E-state index in [1.54, 1.807) is 13.8 Å². The van der Waals surface area contributed by atoms with Crippen molar-refractivity contribution in [1.29, 1.82) is 0 Å². The van der Waals surface area contributed by atoms with Crippen molar-refractivity contribution in [2.45, 2.75) is 40.5 Å². The fourth-order valence-electron chi connectivity index (χ4n) is 0.224. The van der Waals surface area contributed by atoms with Crippen LogP contribution in [0.4, 0.5) is 0 Å². The molecule has 0 aromatic rings. The second kappa shape index (κ2) is 8.29. The fraction of sp³-hybridized carbons (Fsp3) is 1.00. The van der Waals surface area contributed by atoms with E-state index in [0.717, 1.165) is 0 Å². The van der Waals surface area contributed by atoms with E-state index < -0.39 is 7.37 Å². The number of hydrogen-bond donors (Lipinski definition) is 1. The summed E-state index contributed by atoms with van der Waals surface area (Å²) in [4.78, 5) is 8.69. The summed E-state index contributed by atoms with van der Waals surface area (Å²) in [7, 11) is -2.65. The van der Waals surface area contributed by atoms with Gasteiger partial charge in [-0.15, -0.1) is 0 Å². The Bertz CT molecular complexity index is 103. The van der Waals surface area contributed by atoms with Crippen LogP contribution >= 0.6 is 7.37 Å². The quantitative estimate of drug-likeness (QED) is 0.677. The van der Waals surface area contributed by atoms with Crippen molar-refractivity contribution in [1.82, 2.24) is 0 Å². The van der Waals surface area contributed by atoms with E-state index in [1.165, 1.54) is 12.8 Å². The highest BCUT2D eigenvalue weighted by Crippen LogP contribution is 2.38. The standard InChI is InChI=1S/C4H11O2P.C4H10/c1-3-7(5,6)4-2;1-3-4-2/h3-4H2,1-2H3,(H,5,6);3-4H2,1-2H3. The van der Waals surface area contributed by atoms with Gasteiger partial charge in [-0.2, -0.15) is 0 Å². The van der Waals surface area contributed by atoms with Gasteiger partial charge in [-0.3, -0.25) is 4.57 Å². The molecule has 0 radical (unpaired) electrons. The van der Waals surface area contributed by atoms with Crippen LogP contribution in [0.15, 0.2) is 0 Å². The average Bonchev–Trinajstić information content (AvgIpc) is 2.05. The van der Waals surface area contributed by atoms with Crippen molar-refractivity contribution < 1.29 is 9.46 Å². The molecule has 0 aliphatic heterocycles. The molecule has 0 atom stereocenters. The van der Waals surface area contributed by atoms with Gasteiger partial charge < -0.3 is 4.89 Å². The highest BCUT2D eigenvalue weighted by Gasteiger charge is 2.08. The summed E-state index contributed by atoms with van der Waals surface area (Å²) >= 11 is 0. The molecule has 0 aromatic carbocycles. The zero-order chi connectivity index (χ0) is 9.33. The Morgan fingerprint density at radius 2 is 1.27 bits per heavy atom. The summed E-state index contributed by atoms with van der Waals surface area (Å²) in [6, 6.07) is 0. The molecule has 2 nitrogen and oxygen atoms in total. The minimum atomic E-state index is -2.65. The Morgan fingerprint density at radius 1 is 1.00 bits per heavy atom. The Labute approximate surface area is 70.5 Å². The number of unbranched alkanes of at least 4 members (excludes halogenated alkanes) is 1. The van der Waals surface area contributed by atoms with Crippen molar-refractivity contribution >= 4 is 7.37 Å². The van der Waals surface area contributed by atoms with Gasteiger partial charge >= 0.3 is 0 Å². The van der Waals surface area contributed by atoms with Crippen LogP contribution in [0.2, 0.25) is 0 Å². The Kier molecular flexibility index (Phi) is 10.4. The van der Waals surface area contributed by atoms with Gasteiger partial charge in [0, 0.05) is 12.3 Å². The summed E-state index contributed by atoms with van der Waals surface area (Å²) in [5.74, 6) is 0. The molecule has 0 heterocycles. The first-order valence-electron chi connectivity index (χ1n) is 4.34. The monoisotopic (exact) mass is 180 g/mol. The van der Waals surface area contributed by atoms with Gasteiger partial charge in [0.2, 0.25) is 0 Å². The van der Waals surface area contributed by atoms with Crippen molar-refractivity contribution in [2.75, 3.05) is 12.3 Å². The zero-order valence-corrected chi connectivity index (χ0v) is 9.03. The minimum absolute atomic E-state index is 0.406. The first-order valence-corrected chi connectivity index (χ1v) is 6.37. The molecule has 0 amide bonds. The zero-order valence-electron chi connectivity index (χ0n) is 8.13. The van der Waals surface area contributed by atoms with E-state index in [2.05, 4.69) is 13.8 Å². The molecule has 70 valence electrons. The van der Waals surface area contributed by atoms with E-state index >= 15 is 0 Å². The Balaban J connectivity index is 0. The Morgan fingerprint density at radius 3 is 1.27 bits per heavy atom. The molecule has 0 aromatic heterocycles. The number of hydrogen-bond acceptors (Lipinski definition) is 1. The minimum Gasteiger partial charge on any atom is -0.344 e. The maximum atomic E-state index is 10.5. The second-order valence-electron chi connectivity index (χ2n) is 2.48. The fourth-order valence-corrected chi connectivity index (χ4v) is 0.671. The van der Waals surface area contributed by atoms with Gasteiger partial charge in [-0.1, -0.05) is 40.5 Å². The van der Waals surface area contributed by atoms with Crippen LogP contribution < -0.4 is 0 Å². The molecule has 0 fully saturated rings. The molecule has 0 rings (SSSR count). The third-order valence-electron chi connectivity index (χ3n) is 1.49. The van der Waals surface area contributed by atoms with Crippen molar-refractivity contribution in [3.05, 3.63) is 0 Å². The van der Waals surface area contributed by atoms with Gasteiger partial charge in [-0.25, -0.2) is 0 Å². The molecule has 0 saturated carbocycles. The summed E-state index contributed by atoms with van der Waals surface area (Å²) in [5, 5.41) is 0.